The van der Waals surface area contributed by atoms with Crippen LogP contribution in [0.3, 0.4) is 0 Å². The van der Waals surface area contributed by atoms with E-state index in [9.17, 15) is 4.79 Å². The second kappa shape index (κ2) is 10.4. The normalized spacial score (nSPS) is 11.1. The summed E-state index contributed by atoms with van der Waals surface area (Å²) in [7, 11) is 3.15. The van der Waals surface area contributed by atoms with E-state index in [2.05, 4.69) is 6.92 Å². The first-order chi connectivity index (χ1) is 16.6. The summed E-state index contributed by atoms with van der Waals surface area (Å²) in [4.78, 5) is 22.7. The van der Waals surface area contributed by atoms with Gasteiger partial charge < -0.3 is 19.9 Å². The zero-order chi connectivity index (χ0) is 24.1. The number of aromatic nitrogens is 3. The van der Waals surface area contributed by atoms with Crippen molar-refractivity contribution in [3.63, 3.8) is 0 Å². The SMILES string of the molecule is CCCCCCCOC(=O)c1c(N)n(-c2cc(OC)cc(OC)c2)c2nc3ccccc3nc12. The standard InChI is InChI=1S/C26H30N4O4/c1-4-5-6-7-10-13-34-26(31)22-23-25(29-21-12-9-8-11-20(21)28-23)30(24(22)27)17-14-18(32-2)16-19(15-17)33-3/h8-9,11-12,14-16H,4-7,10,13,27H2,1-3H3. The van der Waals surface area contributed by atoms with Crippen LogP contribution in [0.5, 0.6) is 11.5 Å². The van der Waals surface area contributed by atoms with Crippen molar-refractivity contribution in [2.24, 2.45) is 0 Å². The van der Waals surface area contributed by atoms with Gasteiger partial charge in [0.2, 0.25) is 0 Å². The molecule has 0 fully saturated rings. The fourth-order valence-corrected chi connectivity index (χ4v) is 3.99. The van der Waals surface area contributed by atoms with E-state index >= 15 is 0 Å². The Kier molecular flexibility index (Phi) is 7.15. The lowest BCUT2D eigenvalue weighted by Crippen LogP contribution is -2.10. The smallest absolute Gasteiger partial charge is 0.344 e. The number of hydrogen-bond acceptors (Lipinski definition) is 7. The average Bonchev–Trinajstić information content (AvgIpc) is 3.14. The molecule has 34 heavy (non-hydrogen) atoms. The summed E-state index contributed by atoms with van der Waals surface area (Å²) in [6, 6.07) is 12.9. The van der Waals surface area contributed by atoms with Crippen molar-refractivity contribution < 1.29 is 19.0 Å². The number of carbonyl (C=O) groups is 1. The Bertz CT molecular complexity index is 1290. The molecule has 178 valence electrons. The quantitative estimate of drug-likeness (QED) is 0.252. The van der Waals surface area contributed by atoms with Crippen molar-refractivity contribution in [1.82, 2.24) is 14.5 Å². The number of rotatable bonds is 10. The molecule has 0 amide bonds. The highest BCUT2D eigenvalue weighted by Crippen LogP contribution is 2.34. The van der Waals surface area contributed by atoms with Crippen molar-refractivity contribution in [2.45, 2.75) is 39.0 Å². The minimum absolute atomic E-state index is 0.205. The zero-order valence-corrected chi connectivity index (χ0v) is 19.8. The van der Waals surface area contributed by atoms with Gasteiger partial charge in [0.1, 0.15) is 28.4 Å². The van der Waals surface area contributed by atoms with E-state index in [4.69, 9.17) is 29.9 Å². The number of unbranched alkanes of at least 4 members (excludes halogenated alkanes) is 4. The lowest BCUT2D eigenvalue weighted by molar-refractivity contribution is 0.0501. The fourth-order valence-electron chi connectivity index (χ4n) is 3.99. The second-order valence-electron chi connectivity index (χ2n) is 8.10. The Morgan fingerprint density at radius 3 is 2.24 bits per heavy atom. The van der Waals surface area contributed by atoms with Crippen LogP contribution < -0.4 is 15.2 Å². The van der Waals surface area contributed by atoms with Gasteiger partial charge in [-0.1, -0.05) is 44.7 Å². The molecule has 0 bridgehead atoms. The first-order valence-corrected chi connectivity index (χ1v) is 11.5. The van der Waals surface area contributed by atoms with Crippen LogP contribution >= 0.6 is 0 Å². The van der Waals surface area contributed by atoms with Gasteiger partial charge in [-0.15, -0.1) is 0 Å². The number of fused-ring (bicyclic) bond motifs is 2. The molecule has 0 aliphatic heterocycles. The summed E-state index contributed by atoms with van der Waals surface area (Å²) < 4.78 is 18.1. The van der Waals surface area contributed by atoms with Gasteiger partial charge in [-0.05, 0) is 18.6 Å². The molecule has 2 aromatic heterocycles. The van der Waals surface area contributed by atoms with Crippen LogP contribution in [0.4, 0.5) is 5.82 Å². The number of carbonyl (C=O) groups excluding carboxylic acids is 1. The van der Waals surface area contributed by atoms with E-state index in [-0.39, 0.29) is 11.4 Å². The van der Waals surface area contributed by atoms with Crippen LogP contribution in [0, 0.1) is 0 Å². The number of nitrogens with zero attached hydrogens (tertiary/aromatic N) is 3. The molecule has 2 N–H and O–H groups in total. The molecule has 0 saturated heterocycles. The summed E-state index contributed by atoms with van der Waals surface area (Å²) in [5, 5.41) is 0. The average molecular weight is 463 g/mol. The Morgan fingerprint density at radius 2 is 1.59 bits per heavy atom. The minimum Gasteiger partial charge on any atom is -0.497 e. The van der Waals surface area contributed by atoms with Crippen molar-refractivity contribution >= 4 is 34.0 Å². The number of methoxy groups -OCH3 is 2. The predicted molar refractivity (Wildman–Crippen MR) is 133 cm³/mol. The van der Waals surface area contributed by atoms with E-state index in [1.54, 1.807) is 37.0 Å². The lowest BCUT2D eigenvalue weighted by Gasteiger charge is -2.12. The monoisotopic (exact) mass is 462 g/mol. The summed E-state index contributed by atoms with van der Waals surface area (Å²) in [6.45, 7) is 2.50. The van der Waals surface area contributed by atoms with E-state index in [0.717, 1.165) is 25.7 Å². The first kappa shape index (κ1) is 23.4. The van der Waals surface area contributed by atoms with Gasteiger partial charge in [0, 0.05) is 18.2 Å². The van der Waals surface area contributed by atoms with Gasteiger partial charge in [0.05, 0.1) is 37.5 Å². The van der Waals surface area contributed by atoms with Gasteiger partial charge in [-0.3, -0.25) is 4.57 Å². The van der Waals surface area contributed by atoms with Crippen molar-refractivity contribution in [1.29, 1.82) is 0 Å². The molecule has 4 rings (SSSR count). The molecular formula is C26H30N4O4. The Labute approximate surface area is 198 Å². The molecule has 0 radical (unpaired) electrons. The molecule has 0 aliphatic rings. The Hall–Kier alpha value is -3.81. The van der Waals surface area contributed by atoms with Gasteiger partial charge in [-0.2, -0.15) is 0 Å². The van der Waals surface area contributed by atoms with Crippen molar-refractivity contribution in [2.75, 3.05) is 26.6 Å². The van der Waals surface area contributed by atoms with E-state index in [0.29, 0.717) is 46.0 Å². The van der Waals surface area contributed by atoms with E-state index < -0.39 is 5.97 Å². The van der Waals surface area contributed by atoms with Crippen LogP contribution in [0.2, 0.25) is 0 Å². The summed E-state index contributed by atoms with van der Waals surface area (Å²) in [5.41, 5.74) is 9.64. The number of nitrogens with two attached hydrogens (primary N) is 1. The molecule has 0 spiro atoms. The molecule has 0 saturated carbocycles. The summed E-state index contributed by atoms with van der Waals surface area (Å²) in [6.07, 6.45) is 5.31. The van der Waals surface area contributed by atoms with Gasteiger partial charge >= 0.3 is 5.97 Å². The first-order valence-electron chi connectivity index (χ1n) is 11.5. The maximum Gasteiger partial charge on any atom is 0.344 e. The Morgan fingerprint density at radius 1 is 0.941 bits per heavy atom. The molecule has 4 aromatic rings. The molecule has 0 aliphatic carbocycles. The third kappa shape index (κ3) is 4.62. The number of benzene rings is 2. The number of ether oxygens (including phenoxy) is 3. The molecule has 8 nitrogen and oxygen atoms in total. The molecule has 0 unspecified atom stereocenters. The Balaban J connectivity index is 1.81. The van der Waals surface area contributed by atoms with Gasteiger partial charge in [0.15, 0.2) is 5.65 Å². The van der Waals surface area contributed by atoms with Crippen molar-refractivity contribution in [3.05, 3.63) is 48.0 Å². The second-order valence-corrected chi connectivity index (χ2v) is 8.10. The largest absolute Gasteiger partial charge is 0.497 e. The van der Waals surface area contributed by atoms with Crippen molar-refractivity contribution in [3.8, 4) is 17.2 Å². The fraction of sp³-hybridized carbons (Fsp3) is 0.346. The van der Waals surface area contributed by atoms with Crippen LogP contribution in [0.25, 0.3) is 27.9 Å². The molecular weight excluding hydrogens is 432 g/mol. The maximum atomic E-state index is 13.2. The summed E-state index contributed by atoms with van der Waals surface area (Å²) in [5.74, 6) is 0.869. The zero-order valence-electron chi connectivity index (χ0n) is 19.8. The minimum atomic E-state index is -0.504. The summed E-state index contributed by atoms with van der Waals surface area (Å²) >= 11 is 0. The van der Waals surface area contributed by atoms with E-state index in [1.165, 1.54) is 6.42 Å². The number of para-hydroxylation sites is 2. The van der Waals surface area contributed by atoms with Crippen LogP contribution in [0.15, 0.2) is 42.5 Å². The number of nitrogen functional groups attached to an aromatic ring is 1. The molecule has 2 aromatic carbocycles. The topological polar surface area (TPSA) is 101 Å². The highest BCUT2D eigenvalue weighted by Gasteiger charge is 2.26. The van der Waals surface area contributed by atoms with Crippen LogP contribution in [-0.4, -0.2) is 41.3 Å². The molecule has 8 heteroatoms. The van der Waals surface area contributed by atoms with Crippen LogP contribution in [-0.2, 0) is 4.74 Å². The highest BCUT2D eigenvalue weighted by atomic mass is 16.5. The highest BCUT2D eigenvalue weighted by molar-refractivity contribution is 6.09. The van der Waals surface area contributed by atoms with Gasteiger partial charge in [0.25, 0.3) is 0 Å². The predicted octanol–water partition coefficient (Wildman–Crippen LogP) is 5.30. The van der Waals surface area contributed by atoms with Gasteiger partial charge in [-0.25, -0.2) is 14.8 Å². The molecule has 2 heterocycles. The van der Waals surface area contributed by atoms with E-state index in [1.807, 2.05) is 24.3 Å². The number of hydrogen-bond donors (Lipinski definition) is 1. The number of anilines is 1. The van der Waals surface area contributed by atoms with Crippen LogP contribution in [0.1, 0.15) is 49.4 Å². The number of esters is 1. The third-order valence-corrected chi connectivity index (χ3v) is 5.78. The molecule has 0 atom stereocenters. The lowest BCUT2D eigenvalue weighted by atomic mass is 10.2. The third-order valence-electron chi connectivity index (χ3n) is 5.78. The maximum absolute atomic E-state index is 13.2.